The van der Waals surface area contributed by atoms with Crippen molar-refractivity contribution in [2.45, 2.75) is 53.1 Å². The quantitative estimate of drug-likeness (QED) is 0.796. The predicted octanol–water partition coefficient (Wildman–Crippen LogP) is 4.06. The van der Waals surface area contributed by atoms with Gasteiger partial charge in [0.15, 0.2) is 0 Å². The van der Waals surface area contributed by atoms with E-state index in [4.69, 9.17) is 0 Å². The van der Waals surface area contributed by atoms with Gasteiger partial charge in [-0.2, -0.15) is 0 Å². The van der Waals surface area contributed by atoms with Crippen molar-refractivity contribution in [3.63, 3.8) is 0 Å². The van der Waals surface area contributed by atoms with Crippen LogP contribution in [0.5, 0.6) is 0 Å². The van der Waals surface area contributed by atoms with E-state index in [1.165, 1.54) is 5.56 Å². The minimum atomic E-state index is -0.383. The van der Waals surface area contributed by atoms with Gasteiger partial charge in [0, 0.05) is 0 Å². The second kappa shape index (κ2) is 4.21. The Hall–Kier alpha value is -0.820. The Balaban J connectivity index is 3.07. The number of aliphatic hydroxyl groups is 1. The summed E-state index contributed by atoms with van der Waals surface area (Å²) in [6.07, 6.45) is -0.383. The van der Waals surface area contributed by atoms with Gasteiger partial charge < -0.3 is 5.11 Å². The van der Waals surface area contributed by atoms with E-state index in [2.05, 4.69) is 46.8 Å². The summed E-state index contributed by atoms with van der Waals surface area (Å²) in [5.41, 5.74) is 2.65. The molecule has 1 heteroatoms. The van der Waals surface area contributed by atoms with E-state index < -0.39 is 0 Å². The Morgan fingerprint density at radius 1 is 0.938 bits per heavy atom. The number of aliphatic hydroxyl groups excluding tert-OH is 1. The Kier molecular flexibility index (Phi) is 3.49. The first kappa shape index (κ1) is 13.2. The Bertz CT molecular complexity index is 339. The monoisotopic (exact) mass is 220 g/mol. The summed E-state index contributed by atoms with van der Waals surface area (Å²) in [6.45, 7) is 13.1. The van der Waals surface area contributed by atoms with Crippen LogP contribution >= 0.6 is 0 Å². The van der Waals surface area contributed by atoms with Crippen LogP contribution in [0.2, 0.25) is 0 Å². The molecule has 1 rings (SSSR count). The Morgan fingerprint density at radius 3 is 1.69 bits per heavy atom. The second-order valence-corrected chi connectivity index (χ2v) is 6.17. The molecule has 0 bridgehead atoms. The first-order chi connectivity index (χ1) is 7.16. The fourth-order valence-corrected chi connectivity index (χ4v) is 1.61. The molecule has 90 valence electrons. The predicted molar refractivity (Wildman–Crippen MR) is 69.6 cm³/mol. The maximum absolute atomic E-state index is 9.48. The van der Waals surface area contributed by atoms with Crippen LogP contribution in [0.4, 0.5) is 0 Å². The first-order valence-corrected chi connectivity index (χ1v) is 5.95. The van der Waals surface area contributed by atoms with E-state index in [1.807, 2.05) is 12.1 Å². The van der Waals surface area contributed by atoms with Crippen molar-refractivity contribution in [3.05, 3.63) is 35.4 Å². The fraction of sp³-hybridized carbons (Fsp3) is 0.600. The maximum Gasteiger partial charge on any atom is 0.0761 e. The van der Waals surface area contributed by atoms with Gasteiger partial charge >= 0.3 is 0 Å². The largest absolute Gasteiger partial charge is 0.389 e. The van der Waals surface area contributed by atoms with Crippen molar-refractivity contribution in [3.8, 4) is 0 Å². The molecule has 0 heterocycles. The summed E-state index contributed by atoms with van der Waals surface area (Å²) in [7, 11) is 0. The smallest absolute Gasteiger partial charge is 0.0761 e. The molecule has 0 fully saturated rings. The molecule has 1 atom stereocenters. The van der Waals surface area contributed by atoms with E-state index >= 15 is 0 Å². The Morgan fingerprint density at radius 2 is 1.38 bits per heavy atom. The standard InChI is InChI=1S/C15H24O/c1-11(16)12-7-9-13(10-8-12)15(5,6)14(2,3)4/h7-11,16H,1-6H3. The molecule has 0 saturated carbocycles. The average Bonchev–Trinajstić information content (AvgIpc) is 2.16. The number of benzene rings is 1. The van der Waals surface area contributed by atoms with Crippen LogP contribution in [0.15, 0.2) is 24.3 Å². The minimum Gasteiger partial charge on any atom is -0.389 e. The van der Waals surface area contributed by atoms with Gasteiger partial charge in [0.1, 0.15) is 0 Å². The highest BCUT2D eigenvalue weighted by molar-refractivity contribution is 5.30. The van der Waals surface area contributed by atoms with Crippen LogP contribution in [-0.2, 0) is 5.41 Å². The highest BCUT2D eigenvalue weighted by Crippen LogP contribution is 2.40. The normalized spacial score (nSPS) is 14.9. The van der Waals surface area contributed by atoms with Gasteiger partial charge in [-0.1, -0.05) is 58.9 Å². The van der Waals surface area contributed by atoms with Crippen LogP contribution < -0.4 is 0 Å². The van der Waals surface area contributed by atoms with Gasteiger partial charge in [-0.15, -0.1) is 0 Å². The lowest BCUT2D eigenvalue weighted by Gasteiger charge is -2.39. The molecule has 1 nitrogen and oxygen atoms in total. The molecule has 1 N–H and O–H groups in total. The van der Waals surface area contributed by atoms with Gasteiger partial charge in [-0.3, -0.25) is 0 Å². The molecule has 1 unspecified atom stereocenters. The van der Waals surface area contributed by atoms with Crippen LogP contribution in [0, 0.1) is 5.41 Å². The van der Waals surface area contributed by atoms with Gasteiger partial charge in [-0.05, 0) is 28.9 Å². The zero-order valence-electron chi connectivity index (χ0n) is 11.3. The van der Waals surface area contributed by atoms with Gasteiger partial charge in [0.2, 0.25) is 0 Å². The zero-order chi connectivity index (χ0) is 12.6. The molecule has 0 saturated heterocycles. The van der Waals surface area contributed by atoms with Crippen LogP contribution in [0.3, 0.4) is 0 Å². The molecule has 0 aliphatic heterocycles. The zero-order valence-corrected chi connectivity index (χ0v) is 11.3. The summed E-state index contributed by atoms with van der Waals surface area (Å²) in [6, 6.07) is 8.31. The number of hydrogen-bond acceptors (Lipinski definition) is 1. The van der Waals surface area contributed by atoms with E-state index in [9.17, 15) is 5.11 Å². The summed E-state index contributed by atoms with van der Waals surface area (Å²) in [5.74, 6) is 0. The molecule has 0 amide bonds. The lowest BCUT2D eigenvalue weighted by molar-refractivity contribution is 0.199. The molecule has 16 heavy (non-hydrogen) atoms. The van der Waals surface area contributed by atoms with E-state index in [-0.39, 0.29) is 16.9 Å². The molecule has 0 radical (unpaired) electrons. The lowest BCUT2D eigenvalue weighted by Crippen LogP contribution is -2.33. The summed E-state index contributed by atoms with van der Waals surface area (Å²) in [4.78, 5) is 0. The first-order valence-electron chi connectivity index (χ1n) is 5.95. The van der Waals surface area contributed by atoms with Crippen LogP contribution in [0.25, 0.3) is 0 Å². The molecule has 1 aromatic carbocycles. The summed E-state index contributed by atoms with van der Waals surface area (Å²) >= 11 is 0. The SMILES string of the molecule is CC(O)c1ccc(C(C)(C)C(C)(C)C)cc1. The van der Waals surface area contributed by atoms with Crippen molar-refractivity contribution in [2.75, 3.05) is 0 Å². The van der Waals surface area contributed by atoms with Crippen molar-refractivity contribution >= 4 is 0 Å². The second-order valence-electron chi connectivity index (χ2n) is 6.17. The fourth-order valence-electron chi connectivity index (χ4n) is 1.61. The number of rotatable bonds is 2. The minimum absolute atomic E-state index is 0.129. The van der Waals surface area contributed by atoms with Crippen molar-refractivity contribution in [1.82, 2.24) is 0 Å². The van der Waals surface area contributed by atoms with Gasteiger partial charge in [-0.25, -0.2) is 0 Å². The lowest BCUT2D eigenvalue weighted by atomic mass is 9.65. The van der Waals surface area contributed by atoms with Crippen molar-refractivity contribution in [2.24, 2.45) is 5.41 Å². The van der Waals surface area contributed by atoms with E-state index in [0.29, 0.717) is 0 Å². The molecule has 0 spiro atoms. The third-order valence-electron chi connectivity index (χ3n) is 3.99. The van der Waals surface area contributed by atoms with Crippen LogP contribution in [-0.4, -0.2) is 5.11 Å². The van der Waals surface area contributed by atoms with Crippen LogP contribution in [0.1, 0.15) is 58.8 Å². The third kappa shape index (κ3) is 2.46. The summed E-state index contributed by atoms with van der Waals surface area (Å²) in [5, 5.41) is 9.48. The topological polar surface area (TPSA) is 20.2 Å². The van der Waals surface area contributed by atoms with E-state index in [1.54, 1.807) is 6.92 Å². The highest BCUT2D eigenvalue weighted by Gasteiger charge is 2.34. The molecule has 1 aromatic rings. The van der Waals surface area contributed by atoms with Gasteiger partial charge in [0.05, 0.1) is 6.10 Å². The van der Waals surface area contributed by atoms with Crippen molar-refractivity contribution < 1.29 is 5.11 Å². The average molecular weight is 220 g/mol. The summed E-state index contributed by atoms with van der Waals surface area (Å²) < 4.78 is 0. The third-order valence-corrected chi connectivity index (χ3v) is 3.99. The molecular weight excluding hydrogens is 196 g/mol. The maximum atomic E-state index is 9.48. The van der Waals surface area contributed by atoms with Gasteiger partial charge in [0.25, 0.3) is 0 Å². The molecular formula is C15H24O. The Labute approximate surface area is 99.5 Å². The van der Waals surface area contributed by atoms with E-state index in [0.717, 1.165) is 5.56 Å². The molecule has 0 aliphatic carbocycles. The highest BCUT2D eigenvalue weighted by atomic mass is 16.3. The van der Waals surface area contributed by atoms with Crippen molar-refractivity contribution in [1.29, 1.82) is 0 Å². The molecule has 0 aliphatic rings. The molecule has 0 aromatic heterocycles. The number of hydrogen-bond donors (Lipinski definition) is 1.